The van der Waals surface area contributed by atoms with Crippen molar-refractivity contribution in [2.45, 2.75) is 12.5 Å². The topological polar surface area (TPSA) is 77.0 Å². The van der Waals surface area contributed by atoms with E-state index in [1.54, 1.807) is 30.3 Å². The lowest BCUT2D eigenvalue weighted by Crippen LogP contribution is -2.30. The molecule has 6 nitrogen and oxygen atoms in total. The molecule has 138 valence electrons. The van der Waals surface area contributed by atoms with E-state index in [4.69, 9.17) is 37.4 Å². The van der Waals surface area contributed by atoms with Crippen LogP contribution in [0, 0.1) is 0 Å². The van der Waals surface area contributed by atoms with Crippen molar-refractivity contribution in [2.24, 2.45) is 0 Å². The standard InChI is InChI=1S/C18H17Cl2NO5/c19-12-2-4-15(13(20)8-12)24-9-18(23)21-6-5-14(22)11-1-3-16-17(7-11)26-10-25-16/h1-4,7-8,14,22H,5-6,9-10H2,(H,21,23)/t14-/m1/s1. The molecule has 2 aromatic rings. The Hall–Kier alpha value is -2.15. The van der Waals surface area contributed by atoms with E-state index in [0.29, 0.717) is 45.8 Å². The molecule has 1 atom stereocenters. The number of amides is 1. The monoisotopic (exact) mass is 397 g/mol. The maximum atomic E-state index is 11.8. The van der Waals surface area contributed by atoms with E-state index in [1.165, 1.54) is 6.07 Å². The number of aliphatic hydroxyl groups is 1. The van der Waals surface area contributed by atoms with Gasteiger partial charge in [-0.15, -0.1) is 0 Å². The first-order valence-electron chi connectivity index (χ1n) is 7.95. The molecule has 0 unspecified atom stereocenters. The van der Waals surface area contributed by atoms with Crippen LogP contribution >= 0.6 is 23.2 Å². The van der Waals surface area contributed by atoms with Gasteiger partial charge in [-0.3, -0.25) is 4.79 Å². The second-order valence-corrected chi connectivity index (χ2v) is 6.47. The summed E-state index contributed by atoms with van der Waals surface area (Å²) < 4.78 is 15.9. The highest BCUT2D eigenvalue weighted by atomic mass is 35.5. The van der Waals surface area contributed by atoms with Crippen molar-refractivity contribution in [3.05, 3.63) is 52.0 Å². The van der Waals surface area contributed by atoms with Gasteiger partial charge in [-0.2, -0.15) is 0 Å². The average molecular weight is 398 g/mol. The number of rotatable bonds is 7. The predicted molar refractivity (Wildman–Crippen MR) is 97.1 cm³/mol. The van der Waals surface area contributed by atoms with Gasteiger partial charge in [0, 0.05) is 11.6 Å². The van der Waals surface area contributed by atoms with E-state index in [0.717, 1.165) is 0 Å². The molecule has 0 aliphatic carbocycles. The van der Waals surface area contributed by atoms with E-state index >= 15 is 0 Å². The summed E-state index contributed by atoms with van der Waals surface area (Å²) in [6.45, 7) is 0.302. The molecule has 0 aromatic heterocycles. The molecule has 0 saturated carbocycles. The molecule has 8 heteroatoms. The summed E-state index contributed by atoms with van der Waals surface area (Å²) in [4.78, 5) is 11.8. The van der Waals surface area contributed by atoms with Crippen molar-refractivity contribution in [1.82, 2.24) is 5.32 Å². The molecule has 3 rings (SSSR count). The molecule has 2 N–H and O–H groups in total. The zero-order valence-electron chi connectivity index (χ0n) is 13.7. The fourth-order valence-electron chi connectivity index (χ4n) is 2.42. The van der Waals surface area contributed by atoms with Crippen LogP contribution in [0.4, 0.5) is 0 Å². The van der Waals surface area contributed by atoms with Gasteiger partial charge < -0.3 is 24.6 Å². The first kappa shape index (κ1) is 18.6. The van der Waals surface area contributed by atoms with Crippen LogP contribution in [-0.2, 0) is 4.79 Å². The molecule has 1 heterocycles. The lowest BCUT2D eigenvalue weighted by molar-refractivity contribution is -0.123. The second-order valence-electron chi connectivity index (χ2n) is 5.63. The molecule has 0 spiro atoms. The first-order chi connectivity index (χ1) is 12.5. The lowest BCUT2D eigenvalue weighted by Gasteiger charge is -2.13. The maximum Gasteiger partial charge on any atom is 0.257 e. The van der Waals surface area contributed by atoms with E-state index in [-0.39, 0.29) is 19.3 Å². The Balaban J connectivity index is 1.42. The van der Waals surface area contributed by atoms with Crippen molar-refractivity contribution < 1.29 is 24.1 Å². The molecule has 0 radical (unpaired) electrons. The van der Waals surface area contributed by atoms with Gasteiger partial charge in [0.25, 0.3) is 5.91 Å². The van der Waals surface area contributed by atoms with Gasteiger partial charge in [0.15, 0.2) is 18.1 Å². The Morgan fingerprint density at radius 1 is 1.19 bits per heavy atom. The Bertz CT molecular complexity index is 799. The summed E-state index contributed by atoms with van der Waals surface area (Å²) >= 11 is 11.8. The summed E-state index contributed by atoms with van der Waals surface area (Å²) in [5.41, 5.74) is 0.702. The molecule has 1 aliphatic heterocycles. The van der Waals surface area contributed by atoms with Gasteiger partial charge in [-0.25, -0.2) is 0 Å². The Morgan fingerprint density at radius 3 is 2.81 bits per heavy atom. The van der Waals surface area contributed by atoms with Gasteiger partial charge in [0.1, 0.15) is 5.75 Å². The molecule has 1 amide bonds. The van der Waals surface area contributed by atoms with Crippen LogP contribution in [0.15, 0.2) is 36.4 Å². The zero-order chi connectivity index (χ0) is 18.5. The molecule has 26 heavy (non-hydrogen) atoms. The molecule has 0 saturated heterocycles. The number of ether oxygens (including phenoxy) is 3. The van der Waals surface area contributed by atoms with Crippen molar-refractivity contribution in [3.63, 3.8) is 0 Å². The van der Waals surface area contributed by atoms with E-state index < -0.39 is 6.10 Å². The molecular formula is C18H17Cl2NO5. The van der Waals surface area contributed by atoms with Crippen molar-refractivity contribution in [3.8, 4) is 17.2 Å². The van der Waals surface area contributed by atoms with Crippen LogP contribution in [-0.4, -0.2) is 31.0 Å². The van der Waals surface area contributed by atoms with Crippen LogP contribution in [0.3, 0.4) is 0 Å². The fraction of sp³-hybridized carbons (Fsp3) is 0.278. The Kier molecular flexibility index (Phi) is 6.08. The number of carbonyl (C=O) groups excluding carboxylic acids is 1. The third-order valence-electron chi connectivity index (χ3n) is 3.77. The summed E-state index contributed by atoms with van der Waals surface area (Å²) in [6.07, 6.45) is -0.371. The average Bonchev–Trinajstić information content (AvgIpc) is 3.08. The van der Waals surface area contributed by atoms with E-state index in [2.05, 4.69) is 5.32 Å². The molecule has 0 bridgehead atoms. The quantitative estimate of drug-likeness (QED) is 0.748. The largest absolute Gasteiger partial charge is 0.482 e. The smallest absolute Gasteiger partial charge is 0.257 e. The molecular weight excluding hydrogens is 381 g/mol. The normalized spacial score (nSPS) is 13.3. The van der Waals surface area contributed by atoms with Crippen LogP contribution in [0.1, 0.15) is 18.1 Å². The molecule has 1 aliphatic rings. The van der Waals surface area contributed by atoms with Gasteiger partial charge in [0.05, 0.1) is 11.1 Å². The Labute approximate surface area is 160 Å². The van der Waals surface area contributed by atoms with Crippen LogP contribution in [0.2, 0.25) is 10.0 Å². The summed E-state index contributed by atoms with van der Waals surface area (Å²) in [5.74, 6) is 1.34. The third-order valence-corrected chi connectivity index (χ3v) is 4.30. The Morgan fingerprint density at radius 2 is 2.00 bits per heavy atom. The number of hydrogen-bond acceptors (Lipinski definition) is 5. The maximum absolute atomic E-state index is 11.8. The minimum absolute atomic E-state index is 0.179. The number of hydrogen-bond donors (Lipinski definition) is 2. The van der Waals surface area contributed by atoms with Gasteiger partial charge in [-0.05, 0) is 42.3 Å². The van der Waals surface area contributed by atoms with Crippen molar-refractivity contribution in [2.75, 3.05) is 19.9 Å². The second kappa shape index (κ2) is 8.49. The first-order valence-corrected chi connectivity index (χ1v) is 8.70. The highest BCUT2D eigenvalue weighted by Gasteiger charge is 2.16. The zero-order valence-corrected chi connectivity index (χ0v) is 15.2. The van der Waals surface area contributed by atoms with Gasteiger partial charge >= 0.3 is 0 Å². The van der Waals surface area contributed by atoms with Gasteiger partial charge in [-0.1, -0.05) is 29.3 Å². The van der Waals surface area contributed by atoms with Gasteiger partial charge in [0.2, 0.25) is 6.79 Å². The van der Waals surface area contributed by atoms with Crippen molar-refractivity contribution in [1.29, 1.82) is 0 Å². The van der Waals surface area contributed by atoms with Crippen molar-refractivity contribution >= 4 is 29.1 Å². The summed E-state index contributed by atoms with van der Waals surface area (Å²) in [7, 11) is 0. The number of halogens is 2. The highest BCUT2D eigenvalue weighted by Crippen LogP contribution is 2.34. The van der Waals surface area contributed by atoms with E-state index in [1.807, 2.05) is 0 Å². The number of benzene rings is 2. The molecule has 0 fully saturated rings. The third kappa shape index (κ3) is 4.72. The number of fused-ring (bicyclic) bond motifs is 1. The SMILES string of the molecule is O=C(COc1ccc(Cl)cc1Cl)NCC[C@@H](O)c1ccc2c(c1)OCO2. The number of carbonyl (C=O) groups is 1. The van der Waals surface area contributed by atoms with E-state index in [9.17, 15) is 9.90 Å². The fourth-order valence-corrected chi connectivity index (χ4v) is 2.89. The highest BCUT2D eigenvalue weighted by molar-refractivity contribution is 6.35. The minimum atomic E-state index is -0.726. The summed E-state index contributed by atoms with van der Waals surface area (Å²) in [6, 6.07) is 10.0. The van der Waals surface area contributed by atoms with Crippen LogP contribution in [0.5, 0.6) is 17.2 Å². The lowest BCUT2D eigenvalue weighted by atomic mass is 10.1. The minimum Gasteiger partial charge on any atom is -0.482 e. The predicted octanol–water partition coefficient (Wildman–Crippen LogP) is 3.34. The van der Waals surface area contributed by atoms with Crippen LogP contribution in [0.25, 0.3) is 0 Å². The van der Waals surface area contributed by atoms with Crippen LogP contribution < -0.4 is 19.5 Å². The number of nitrogens with one attached hydrogen (secondary N) is 1. The molecule has 2 aromatic carbocycles. The number of aliphatic hydroxyl groups excluding tert-OH is 1. The summed E-state index contributed by atoms with van der Waals surface area (Å²) in [5, 5.41) is 13.7.